The zero-order chi connectivity index (χ0) is 15.6. The fraction of sp³-hybridized carbons (Fsp3) is 0. The van der Waals surface area contributed by atoms with E-state index in [1.807, 2.05) is 0 Å². The predicted octanol–water partition coefficient (Wildman–Crippen LogP) is 3.12. The molecule has 112 valence electrons. The maximum Gasteiger partial charge on any atom is 0.237 e. The normalized spacial score (nSPS) is 10.8. The van der Waals surface area contributed by atoms with Gasteiger partial charge in [0.15, 0.2) is 11.5 Å². The Kier molecular flexibility index (Phi) is 3.16. The van der Waals surface area contributed by atoms with Crippen molar-refractivity contribution in [2.45, 2.75) is 0 Å². The minimum atomic E-state index is -0.387. The first-order chi connectivity index (χ1) is 11.3. The van der Waals surface area contributed by atoms with E-state index < -0.39 is 0 Å². The summed E-state index contributed by atoms with van der Waals surface area (Å²) in [7, 11) is 0. The number of pyridine rings is 1. The van der Waals surface area contributed by atoms with Crippen molar-refractivity contribution in [1.29, 1.82) is 0 Å². The molecule has 0 aliphatic carbocycles. The zero-order valence-corrected chi connectivity index (χ0v) is 11.8. The van der Waals surface area contributed by atoms with Crippen molar-refractivity contribution < 1.29 is 9.13 Å². The molecule has 6 nitrogen and oxygen atoms in total. The van der Waals surface area contributed by atoms with Gasteiger partial charge in [-0.1, -0.05) is 12.1 Å². The van der Waals surface area contributed by atoms with Gasteiger partial charge in [-0.3, -0.25) is 4.98 Å². The van der Waals surface area contributed by atoms with Gasteiger partial charge in [-0.05, 0) is 30.3 Å². The summed E-state index contributed by atoms with van der Waals surface area (Å²) in [5.74, 6) is 0.819. The molecular weight excluding hydrogens is 297 g/mol. The Morgan fingerprint density at radius 1 is 0.957 bits per heavy atom. The Hall–Kier alpha value is -3.35. The van der Waals surface area contributed by atoms with Crippen LogP contribution in [0.2, 0.25) is 0 Å². The molecule has 4 rings (SSSR count). The van der Waals surface area contributed by atoms with Crippen LogP contribution >= 0.6 is 0 Å². The number of rotatable bonds is 3. The number of benzene rings is 1. The van der Waals surface area contributed by atoms with Gasteiger partial charge in [0.05, 0.1) is 11.8 Å². The van der Waals surface area contributed by atoms with Crippen LogP contribution in [0.4, 0.5) is 4.39 Å². The van der Waals surface area contributed by atoms with Crippen molar-refractivity contribution >= 4 is 5.65 Å². The molecular formula is C16H10FN5O. The van der Waals surface area contributed by atoms with E-state index in [1.165, 1.54) is 10.6 Å². The zero-order valence-electron chi connectivity index (χ0n) is 11.8. The standard InChI is InChI=1S/C16H10FN5O/c17-13-6-2-1-5-12(13)16-20-19-14-7-8-15(21-22(14)16)23-11-4-3-9-18-10-11/h1-10H. The van der Waals surface area contributed by atoms with E-state index in [1.54, 1.807) is 54.9 Å². The smallest absolute Gasteiger partial charge is 0.237 e. The van der Waals surface area contributed by atoms with Crippen molar-refractivity contribution in [2.24, 2.45) is 0 Å². The lowest BCUT2D eigenvalue weighted by atomic mass is 10.2. The maximum absolute atomic E-state index is 14.0. The maximum atomic E-state index is 14.0. The summed E-state index contributed by atoms with van der Waals surface area (Å²) in [5, 5.41) is 12.3. The van der Waals surface area contributed by atoms with E-state index in [0.29, 0.717) is 28.7 Å². The lowest BCUT2D eigenvalue weighted by Gasteiger charge is -2.05. The molecule has 4 aromatic rings. The molecule has 0 amide bonds. The molecule has 0 saturated heterocycles. The molecule has 3 aromatic heterocycles. The Balaban J connectivity index is 1.79. The number of hydrogen-bond donors (Lipinski definition) is 0. The van der Waals surface area contributed by atoms with Gasteiger partial charge in [0.1, 0.15) is 11.6 Å². The molecule has 0 bridgehead atoms. The number of nitrogens with zero attached hydrogens (tertiary/aromatic N) is 5. The van der Waals surface area contributed by atoms with Crippen LogP contribution in [0.1, 0.15) is 0 Å². The number of halogens is 1. The van der Waals surface area contributed by atoms with Crippen LogP contribution in [0.15, 0.2) is 60.9 Å². The third-order valence-electron chi connectivity index (χ3n) is 3.21. The van der Waals surface area contributed by atoms with Gasteiger partial charge in [-0.25, -0.2) is 4.39 Å². The highest BCUT2D eigenvalue weighted by Gasteiger charge is 2.14. The highest BCUT2D eigenvalue weighted by molar-refractivity contribution is 5.59. The SMILES string of the molecule is Fc1ccccc1-c1nnc2ccc(Oc3cccnc3)nn12. The van der Waals surface area contributed by atoms with Crippen molar-refractivity contribution in [3.63, 3.8) is 0 Å². The minimum absolute atomic E-state index is 0.315. The molecule has 0 spiro atoms. The summed E-state index contributed by atoms with van der Waals surface area (Å²) in [4.78, 5) is 3.98. The van der Waals surface area contributed by atoms with E-state index in [-0.39, 0.29) is 5.82 Å². The van der Waals surface area contributed by atoms with Crippen LogP contribution in [0.25, 0.3) is 17.0 Å². The molecule has 7 heteroatoms. The molecule has 0 fully saturated rings. The molecule has 0 unspecified atom stereocenters. The fourth-order valence-corrected chi connectivity index (χ4v) is 2.17. The molecule has 0 N–H and O–H groups in total. The molecule has 0 aliphatic rings. The van der Waals surface area contributed by atoms with E-state index >= 15 is 0 Å². The largest absolute Gasteiger partial charge is 0.436 e. The van der Waals surface area contributed by atoms with E-state index in [2.05, 4.69) is 20.3 Å². The van der Waals surface area contributed by atoms with Crippen LogP contribution in [0.5, 0.6) is 11.6 Å². The molecule has 1 aromatic carbocycles. The van der Waals surface area contributed by atoms with Gasteiger partial charge in [0, 0.05) is 12.3 Å². The van der Waals surface area contributed by atoms with Gasteiger partial charge in [-0.2, -0.15) is 4.52 Å². The van der Waals surface area contributed by atoms with Gasteiger partial charge >= 0.3 is 0 Å². The second-order valence-corrected chi connectivity index (χ2v) is 4.74. The third kappa shape index (κ3) is 2.48. The van der Waals surface area contributed by atoms with Crippen LogP contribution in [0, 0.1) is 5.82 Å². The molecule has 3 heterocycles. The summed E-state index contributed by atoms with van der Waals surface area (Å²) >= 11 is 0. The average Bonchev–Trinajstić information content (AvgIpc) is 2.99. The second kappa shape index (κ2) is 5.45. The van der Waals surface area contributed by atoms with E-state index in [9.17, 15) is 4.39 Å². The lowest BCUT2D eigenvalue weighted by molar-refractivity contribution is 0.450. The number of ether oxygens (including phenoxy) is 1. The van der Waals surface area contributed by atoms with Crippen LogP contribution in [-0.2, 0) is 0 Å². The van der Waals surface area contributed by atoms with E-state index in [4.69, 9.17) is 4.74 Å². The Labute approximate surface area is 130 Å². The van der Waals surface area contributed by atoms with Gasteiger partial charge in [-0.15, -0.1) is 15.3 Å². The second-order valence-electron chi connectivity index (χ2n) is 4.74. The number of hydrogen-bond acceptors (Lipinski definition) is 5. The number of fused-ring (bicyclic) bond motifs is 1. The molecule has 23 heavy (non-hydrogen) atoms. The van der Waals surface area contributed by atoms with Crippen molar-refractivity contribution in [1.82, 2.24) is 24.8 Å². The first-order valence-electron chi connectivity index (χ1n) is 6.86. The average molecular weight is 307 g/mol. The third-order valence-corrected chi connectivity index (χ3v) is 3.21. The summed E-state index contributed by atoms with van der Waals surface area (Å²) in [6, 6.07) is 13.2. The highest BCUT2D eigenvalue weighted by Crippen LogP contribution is 2.23. The molecule has 0 atom stereocenters. The monoisotopic (exact) mass is 307 g/mol. The first kappa shape index (κ1) is 13.3. The lowest BCUT2D eigenvalue weighted by Crippen LogP contribution is -1.99. The summed E-state index contributed by atoms with van der Waals surface area (Å²) < 4.78 is 21.1. The summed E-state index contributed by atoms with van der Waals surface area (Å²) in [6.45, 7) is 0. The van der Waals surface area contributed by atoms with E-state index in [0.717, 1.165) is 0 Å². The van der Waals surface area contributed by atoms with Crippen LogP contribution in [0.3, 0.4) is 0 Å². The van der Waals surface area contributed by atoms with Gasteiger partial charge in [0.25, 0.3) is 0 Å². The van der Waals surface area contributed by atoms with Crippen molar-refractivity contribution in [3.05, 3.63) is 66.7 Å². The quantitative estimate of drug-likeness (QED) is 0.582. The van der Waals surface area contributed by atoms with Gasteiger partial charge < -0.3 is 4.74 Å². The molecule has 0 aliphatic heterocycles. The van der Waals surface area contributed by atoms with Crippen LogP contribution in [-0.4, -0.2) is 24.8 Å². The van der Waals surface area contributed by atoms with Crippen molar-refractivity contribution in [2.75, 3.05) is 0 Å². The van der Waals surface area contributed by atoms with Gasteiger partial charge in [0.2, 0.25) is 5.88 Å². The van der Waals surface area contributed by atoms with Crippen molar-refractivity contribution in [3.8, 4) is 23.0 Å². The summed E-state index contributed by atoms with van der Waals surface area (Å²) in [6.07, 6.45) is 3.23. The molecule has 0 saturated carbocycles. The molecule has 0 radical (unpaired) electrons. The highest BCUT2D eigenvalue weighted by atomic mass is 19.1. The Morgan fingerprint density at radius 2 is 1.87 bits per heavy atom. The minimum Gasteiger partial charge on any atom is -0.436 e. The Bertz CT molecular complexity index is 971. The fourth-order valence-electron chi connectivity index (χ4n) is 2.17. The first-order valence-corrected chi connectivity index (χ1v) is 6.86. The predicted molar refractivity (Wildman–Crippen MR) is 80.5 cm³/mol. The number of aromatic nitrogens is 5. The topological polar surface area (TPSA) is 65.2 Å². The van der Waals surface area contributed by atoms with Crippen LogP contribution < -0.4 is 4.74 Å². The summed E-state index contributed by atoms with van der Waals surface area (Å²) in [5.41, 5.74) is 0.827. The Morgan fingerprint density at radius 3 is 2.70 bits per heavy atom.